The first kappa shape index (κ1) is 13.9. The lowest BCUT2D eigenvalue weighted by molar-refractivity contribution is -0.116. The Morgan fingerprint density at radius 1 is 1.40 bits per heavy atom. The number of ketones is 1. The molecular formula is C10H19NO4. The van der Waals surface area contributed by atoms with E-state index >= 15 is 0 Å². The van der Waals surface area contributed by atoms with Gasteiger partial charge in [-0.15, -0.1) is 0 Å². The van der Waals surface area contributed by atoms with E-state index in [4.69, 9.17) is 9.84 Å². The highest BCUT2D eigenvalue weighted by Gasteiger charge is 2.27. The van der Waals surface area contributed by atoms with E-state index in [0.717, 1.165) is 7.11 Å². The molecule has 5 nitrogen and oxygen atoms in total. The molecule has 1 rings (SSSR count). The fraction of sp³-hybridized carbons (Fsp3) is 0.800. The molecule has 0 atom stereocenters. The number of rotatable bonds is 0. The van der Waals surface area contributed by atoms with Gasteiger partial charge in [0.2, 0.25) is 0 Å². The molecule has 1 N–H and O–H groups in total. The maximum Gasteiger partial charge on any atom is 0.410 e. The minimum absolute atomic E-state index is 0.103. The van der Waals surface area contributed by atoms with Crippen LogP contribution in [0.25, 0.3) is 0 Å². The predicted molar refractivity (Wildman–Crippen MR) is 55.6 cm³/mol. The Balaban J connectivity index is 0.000000921. The van der Waals surface area contributed by atoms with Crippen LogP contribution in [0, 0.1) is 0 Å². The second-order valence-corrected chi connectivity index (χ2v) is 4.19. The maximum absolute atomic E-state index is 11.4. The quantitative estimate of drug-likeness (QED) is 0.652. The van der Waals surface area contributed by atoms with Crippen LogP contribution in [-0.4, -0.2) is 47.7 Å². The molecule has 1 aliphatic heterocycles. The molecule has 0 saturated carbocycles. The van der Waals surface area contributed by atoms with Gasteiger partial charge in [0.15, 0.2) is 5.78 Å². The highest BCUT2D eigenvalue weighted by molar-refractivity contribution is 5.87. The van der Waals surface area contributed by atoms with Crippen molar-refractivity contribution in [2.75, 3.05) is 20.2 Å². The number of hydrogen-bond acceptors (Lipinski definition) is 4. The van der Waals surface area contributed by atoms with Gasteiger partial charge >= 0.3 is 6.09 Å². The van der Waals surface area contributed by atoms with E-state index in [2.05, 4.69) is 0 Å². The lowest BCUT2D eigenvalue weighted by Crippen LogP contribution is -2.35. The van der Waals surface area contributed by atoms with Gasteiger partial charge in [-0.1, -0.05) is 0 Å². The lowest BCUT2D eigenvalue weighted by Gasteiger charge is -2.23. The third-order valence-electron chi connectivity index (χ3n) is 1.68. The van der Waals surface area contributed by atoms with E-state index in [1.165, 1.54) is 4.90 Å². The lowest BCUT2D eigenvalue weighted by atomic mass is 10.2. The van der Waals surface area contributed by atoms with Crippen molar-refractivity contribution in [3.63, 3.8) is 0 Å². The maximum atomic E-state index is 11.4. The summed E-state index contributed by atoms with van der Waals surface area (Å²) in [5.74, 6) is 0.103. The number of carbonyl (C=O) groups is 2. The van der Waals surface area contributed by atoms with E-state index in [9.17, 15) is 9.59 Å². The minimum atomic E-state index is -0.483. The molecule has 0 spiro atoms. The summed E-state index contributed by atoms with van der Waals surface area (Å²) in [6, 6.07) is 0. The topological polar surface area (TPSA) is 66.8 Å². The SMILES string of the molecule is CC(C)(C)OC(=O)N1CCC(=O)C1.CO. The summed E-state index contributed by atoms with van der Waals surface area (Å²) in [5, 5.41) is 7.00. The van der Waals surface area contributed by atoms with Crippen LogP contribution in [0.3, 0.4) is 0 Å². The van der Waals surface area contributed by atoms with Crippen molar-refractivity contribution in [2.24, 2.45) is 0 Å². The molecule has 0 aliphatic carbocycles. The van der Waals surface area contributed by atoms with Crippen LogP contribution in [0.1, 0.15) is 27.2 Å². The number of ether oxygens (including phenoxy) is 1. The number of hydrogen-bond donors (Lipinski definition) is 1. The number of aliphatic hydroxyl groups is 1. The summed E-state index contributed by atoms with van der Waals surface area (Å²) in [6.07, 6.45) is 0.0672. The fourth-order valence-electron chi connectivity index (χ4n) is 1.11. The zero-order chi connectivity index (χ0) is 12.1. The molecule has 0 aromatic carbocycles. The molecule has 0 aromatic heterocycles. The number of amides is 1. The van der Waals surface area contributed by atoms with Crippen molar-refractivity contribution in [3.8, 4) is 0 Å². The van der Waals surface area contributed by atoms with Gasteiger partial charge in [-0.3, -0.25) is 4.79 Å². The first-order valence-electron chi connectivity index (χ1n) is 4.83. The third kappa shape index (κ3) is 5.37. The van der Waals surface area contributed by atoms with Gasteiger partial charge in [0.1, 0.15) is 5.60 Å². The molecule has 1 fully saturated rings. The molecule has 88 valence electrons. The average molecular weight is 217 g/mol. The number of Topliss-reactive ketones (excluding diaryl/α,β-unsaturated/α-hetero) is 1. The molecule has 0 unspecified atom stereocenters. The highest BCUT2D eigenvalue weighted by Crippen LogP contribution is 2.12. The largest absolute Gasteiger partial charge is 0.444 e. The zero-order valence-corrected chi connectivity index (χ0v) is 9.74. The van der Waals surface area contributed by atoms with Crippen LogP contribution in [0.15, 0.2) is 0 Å². The molecule has 0 bridgehead atoms. The van der Waals surface area contributed by atoms with Crippen molar-refractivity contribution in [1.82, 2.24) is 4.90 Å². The molecule has 0 radical (unpaired) electrons. The molecule has 1 aliphatic rings. The van der Waals surface area contributed by atoms with Crippen molar-refractivity contribution in [3.05, 3.63) is 0 Å². The van der Waals surface area contributed by atoms with E-state index < -0.39 is 11.7 Å². The molecular weight excluding hydrogens is 198 g/mol. The standard InChI is InChI=1S/C9H15NO3.CH4O/c1-9(2,3)13-8(12)10-5-4-7(11)6-10;1-2/h4-6H2,1-3H3;2H,1H3. The summed E-state index contributed by atoms with van der Waals surface area (Å²) in [4.78, 5) is 23.7. The van der Waals surface area contributed by atoms with Gasteiger partial charge in [0, 0.05) is 20.1 Å². The van der Waals surface area contributed by atoms with E-state index in [-0.39, 0.29) is 12.3 Å². The van der Waals surface area contributed by atoms with E-state index in [0.29, 0.717) is 13.0 Å². The molecule has 1 amide bonds. The van der Waals surface area contributed by atoms with E-state index in [1.807, 2.05) is 20.8 Å². The summed E-state index contributed by atoms with van der Waals surface area (Å²) in [6.45, 7) is 6.12. The second kappa shape index (κ2) is 5.70. The minimum Gasteiger partial charge on any atom is -0.444 e. The van der Waals surface area contributed by atoms with Gasteiger partial charge in [-0.05, 0) is 20.8 Å². The average Bonchev–Trinajstić information content (AvgIpc) is 2.52. The number of carbonyl (C=O) groups excluding carboxylic acids is 2. The fourth-order valence-corrected chi connectivity index (χ4v) is 1.11. The van der Waals surface area contributed by atoms with Gasteiger partial charge in [0.05, 0.1) is 6.54 Å². The Hall–Kier alpha value is -1.10. The monoisotopic (exact) mass is 217 g/mol. The smallest absolute Gasteiger partial charge is 0.410 e. The van der Waals surface area contributed by atoms with E-state index in [1.54, 1.807) is 0 Å². The molecule has 5 heteroatoms. The van der Waals surface area contributed by atoms with Crippen LogP contribution in [0.5, 0.6) is 0 Å². The van der Waals surface area contributed by atoms with Crippen molar-refractivity contribution >= 4 is 11.9 Å². The van der Waals surface area contributed by atoms with Crippen LogP contribution in [0.2, 0.25) is 0 Å². The van der Waals surface area contributed by atoms with Crippen molar-refractivity contribution in [1.29, 1.82) is 0 Å². The number of aliphatic hydroxyl groups excluding tert-OH is 1. The summed E-state index contributed by atoms with van der Waals surface area (Å²) >= 11 is 0. The third-order valence-corrected chi connectivity index (χ3v) is 1.68. The van der Waals surface area contributed by atoms with Crippen LogP contribution in [-0.2, 0) is 9.53 Å². The zero-order valence-electron chi connectivity index (χ0n) is 9.74. The Labute approximate surface area is 90.0 Å². The normalized spacial score (nSPS) is 15.8. The molecule has 15 heavy (non-hydrogen) atoms. The Kier molecular flexibility index (Phi) is 5.28. The van der Waals surface area contributed by atoms with Gasteiger partial charge in [-0.25, -0.2) is 4.79 Å². The van der Waals surface area contributed by atoms with Crippen molar-refractivity contribution < 1.29 is 19.4 Å². The first-order valence-corrected chi connectivity index (χ1v) is 4.83. The van der Waals surface area contributed by atoms with Gasteiger partial charge in [-0.2, -0.15) is 0 Å². The summed E-state index contributed by atoms with van der Waals surface area (Å²) < 4.78 is 5.10. The number of nitrogens with zero attached hydrogens (tertiary/aromatic N) is 1. The Morgan fingerprint density at radius 3 is 2.27 bits per heavy atom. The number of likely N-dealkylation sites (tertiary alicyclic amines) is 1. The molecule has 1 heterocycles. The summed E-state index contributed by atoms with van der Waals surface area (Å²) in [5.41, 5.74) is -0.483. The van der Waals surface area contributed by atoms with Crippen molar-refractivity contribution in [2.45, 2.75) is 32.8 Å². The predicted octanol–water partition coefficient (Wildman–Crippen LogP) is 0.805. The van der Waals surface area contributed by atoms with Gasteiger partial charge < -0.3 is 14.7 Å². The molecule has 1 saturated heterocycles. The van der Waals surface area contributed by atoms with Crippen LogP contribution >= 0.6 is 0 Å². The van der Waals surface area contributed by atoms with Crippen LogP contribution in [0.4, 0.5) is 4.79 Å². The van der Waals surface area contributed by atoms with Gasteiger partial charge in [0.25, 0.3) is 0 Å². The Bertz CT molecular complexity index is 232. The summed E-state index contributed by atoms with van der Waals surface area (Å²) in [7, 11) is 1.00. The van der Waals surface area contributed by atoms with Crippen LogP contribution < -0.4 is 0 Å². The Morgan fingerprint density at radius 2 is 1.93 bits per heavy atom. The first-order chi connectivity index (χ1) is 6.88. The molecule has 0 aromatic rings. The second-order valence-electron chi connectivity index (χ2n) is 4.19. The highest BCUT2D eigenvalue weighted by atomic mass is 16.6.